The minimum Gasteiger partial charge on any atom is -0.434 e. The van der Waals surface area contributed by atoms with Crippen LogP contribution >= 0.6 is 0 Å². The van der Waals surface area contributed by atoms with Crippen molar-refractivity contribution >= 4 is 17.6 Å². The molecule has 0 aromatic heterocycles. The smallest absolute Gasteiger partial charge is 0.387 e. The van der Waals surface area contributed by atoms with Crippen molar-refractivity contribution in [1.82, 2.24) is 4.90 Å². The molecule has 0 saturated carbocycles. The number of nitrogens with zero attached hydrogens (tertiary/aromatic N) is 1. The molecular weight excluding hydrogens is 452 g/mol. The minimum atomic E-state index is -2.98. The van der Waals surface area contributed by atoms with Crippen LogP contribution in [-0.4, -0.2) is 57.9 Å². The van der Waals surface area contributed by atoms with Crippen LogP contribution in [0.5, 0.6) is 5.75 Å². The SMILES string of the molecule is COCCN(CCOC)C(=O)/C(=C/c1ccccc1OC(F)F)c1ccc(-c2ccccc2)cc1. The predicted molar refractivity (Wildman–Crippen MR) is 133 cm³/mol. The van der Waals surface area contributed by atoms with E-state index in [0.29, 0.717) is 43.0 Å². The number of alkyl halides is 2. The number of amides is 1. The summed E-state index contributed by atoms with van der Waals surface area (Å²) in [6.07, 6.45) is 1.59. The second kappa shape index (κ2) is 13.4. The Hall–Kier alpha value is -3.55. The molecule has 0 N–H and O–H groups in total. The van der Waals surface area contributed by atoms with E-state index in [9.17, 15) is 13.6 Å². The van der Waals surface area contributed by atoms with Gasteiger partial charge in [0, 0.05) is 38.4 Å². The molecule has 0 aliphatic rings. The van der Waals surface area contributed by atoms with E-state index in [2.05, 4.69) is 4.74 Å². The van der Waals surface area contributed by atoms with Crippen LogP contribution in [0.25, 0.3) is 22.8 Å². The summed E-state index contributed by atoms with van der Waals surface area (Å²) < 4.78 is 41.0. The molecule has 0 unspecified atom stereocenters. The summed E-state index contributed by atoms with van der Waals surface area (Å²) in [7, 11) is 3.13. The number of rotatable bonds is 12. The van der Waals surface area contributed by atoms with Crippen LogP contribution in [0.15, 0.2) is 78.9 Å². The maximum Gasteiger partial charge on any atom is 0.387 e. The van der Waals surface area contributed by atoms with E-state index in [-0.39, 0.29) is 11.7 Å². The Balaban J connectivity index is 2.05. The van der Waals surface area contributed by atoms with Crippen LogP contribution in [0.4, 0.5) is 8.78 Å². The lowest BCUT2D eigenvalue weighted by Gasteiger charge is -2.24. The first-order chi connectivity index (χ1) is 17.0. The number of hydrogen-bond donors (Lipinski definition) is 0. The van der Waals surface area contributed by atoms with E-state index in [4.69, 9.17) is 9.47 Å². The average molecular weight is 482 g/mol. The molecule has 0 saturated heterocycles. The molecule has 0 bridgehead atoms. The summed E-state index contributed by atoms with van der Waals surface area (Å²) in [6, 6.07) is 23.9. The highest BCUT2D eigenvalue weighted by molar-refractivity contribution is 6.24. The van der Waals surface area contributed by atoms with Crippen molar-refractivity contribution in [3.05, 3.63) is 90.0 Å². The zero-order valence-electron chi connectivity index (χ0n) is 19.8. The van der Waals surface area contributed by atoms with Crippen LogP contribution in [-0.2, 0) is 14.3 Å². The fourth-order valence-electron chi connectivity index (χ4n) is 3.59. The Bertz CT molecular complexity index is 1090. The molecule has 0 aliphatic carbocycles. The van der Waals surface area contributed by atoms with Gasteiger partial charge in [0.15, 0.2) is 0 Å². The molecule has 5 nitrogen and oxygen atoms in total. The fraction of sp³-hybridized carbons (Fsp3) is 0.250. The van der Waals surface area contributed by atoms with Crippen molar-refractivity contribution < 1.29 is 27.8 Å². The van der Waals surface area contributed by atoms with Crippen molar-refractivity contribution in [3.63, 3.8) is 0 Å². The van der Waals surface area contributed by atoms with E-state index >= 15 is 0 Å². The highest BCUT2D eigenvalue weighted by atomic mass is 19.3. The zero-order valence-corrected chi connectivity index (χ0v) is 19.8. The number of halogens is 2. The lowest BCUT2D eigenvalue weighted by Crippen LogP contribution is -2.37. The Morgan fingerprint density at radius 3 is 2.00 bits per heavy atom. The Morgan fingerprint density at radius 2 is 1.40 bits per heavy atom. The molecule has 0 atom stereocenters. The van der Waals surface area contributed by atoms with Crippen LogP contribution in [0, 0.1) is 0 Å². The van der Waals surface area contributed by atoms with Gasteiger partial charge in [0.1, 0.15) is 5.75 Å². The zero-order chi connectivity index (χ0) is 25.0. The van der Waals surface area contributed by atoms with Crippen molar-refractivity contribution in [2.75, 3.05) is 40.5 Å². The van der Waals surface area contributed by atoms with Crippen LogP contribution in [0.3, 0.4) is 0 Å². The second-order valence-corrected chi connectivity index (χ2v) is 7.70. The Morgan fingerprint density at radius 1 is 0.829 bits per heavy atom. The molecule has 0 radical (unpaired) electrons. The van der Waals surface area contributed by atoms with E-state index in [0.717, 1.165) is 11.1 Å². The van der Waals surface area contributed by atoms with Gasteiger partial charge in [-0.3, -0.25) is 4.79 Å². The van der Waals surface area contributed by atoms with Gasteiger partial charge in [-0.05, 0) is 28.8 Å². The number of carbonyl (C=O) groups excluding carboxylic acids is 1. The van der Waals surface area contributed by atoms with Gasteiger partial charge in [0.2, 0.25) is 0 Å². The maximum absolute atomic E-state index is 13.7. The standard InChI is InChI=1S/C28H29F2NO4/c1-33-18-16-31(17-19-34-2)27(32)25(20-24-10-6-7-11-26(24)35-28(29)30)23-14-12-22(13-15-23)21-8-4-3-5-9-21/h3-15,20,28H,16-19H2,1-2H3/b25-20+. The molecule has 0 spiro atoms. The van der Waals surface area contributed by atoms with Gasteiger partial charge in [-0.25, -0.2) is 0 Å². The molecular formula is C28H29F2NO4. The third kappa shape index (κ3) is 7.47. The monoisotopic (exact) mass is 481 g/mol. The largest absolute Gasteiger partial charge is 0.434 e. The van der Waals surface area contributed by atoms with Crippen molar-refractivity contribution in [3.8, 4) is 16.9 Å². The van der Waals surface area contributed by atoms with Gasteiger partial charge in [0.25, 0.3) is 5.91 Å². The third-order valence-corrected chi connectivity index (χ3v) is 5.39. The van der Waals surface area contributed by atoms with Crippen LogP contribution in [0.1, 0.15) is 11.1 Å². The lowest BCUT2D eigenvalue weighted by molar-refractivity contribution is -0.126. The van der Waals surface area contributed by atoms with Crippen LogP contribution < -0.4 is 4.74 Å². The molecule has 3 rings (SSSR count). The number of hydrogen-bond acceptors (Lipinski definition) is 4. The first-order valence-electron chi connectivity index (χ1n) is 11.2. The van der Waals surface area contributed by atoms with Gasteiger partial charge in [-0.1, -0.05) is 72.8 Å². The van der Waals surface area contributed by atoms with E-state index in [1.165, 1.54) is 6.07 Å². The Kier molecular flexibility index (Phi) is 9.95. The summed E-state index contributed by atoms with van der Waals surface area (Å²) in [5, 5.41) is 0. The molecule has 184 valence electrons. The van der Waals surface area contributed by atoms with Crippen molar-refractivity contribution in [2.45, 2.75) is 6.61 Å². The van der Waals surface area contributed by atoms with E-state index in [1.807, 2.05) is 54.6 Å². The summed E-state index contributed by atoms with van der Waals surface area (Å²) in [5.41, 5.74) is 3.43. The summed E-state index contributed by atoms with van der Waals surface area (Å²) in [4.78, 5) is 15.3. The first-order valence-corrected chi connectivity index (χ1v) is 11.2. The predicted octanol–water partition coefficient (Wildman–Crippen LogP) is 5.62. The first kappa shape index (κ1) is 26.1. The average Bonchev–Trinajstić information content (AvgIpc) is 2.88. The van der Waals surface area contributed by atoms with Crippen molar-refractivity contribution in [2.24, 2.45) is 0 Å². The molecule has 3 aromatic carbocycles. The summed E-state index contributed by atoms with van der Waals surface area (Å²) >= 11 is 0. The Labute approximate surface area is 204 Å². The topological polar surface area (TPSA) is 48.0 Å². The van der Waals surface area contributed by atoms with Gasteiger partial charge in [0.05, 0.1) is 13.2 Å². The summed E-state index contributed by atoms with van der Waals surface area (Å²) in [6.45, 7) is -1.57. The highest BCUT2D eigenvalue weighted by Gasteiger charge is 2.21. The molecule has 7 heteroatoms. The van der Waals surface area contributed by atoms with Gasteiger partial charge in [-0.2, -0.15) is 8.78 Å². The molecule has 0 fully saturated rings. The van der Waals surface area contributed by atoms with E-state index < -0.39 is 6.61 Å². The number of carbonyl (C=O) groups is 1. The number of methoxy groups -OCH3 is 2. The molecule has 35 heavy (non-hydrogen) atoms. The van der Waals surface area contributed by atoms with Gasteiger partial charge < -0.3 is 19.1 Å². The number of ether oxygens (including phenoxy) is 3. The van der Waals surface area contributed by atoms with Crippen molar-refractivity contribution in [1.29, 1.82) is 0 Å². The molecule has 0 aliphatic heterocycles. The second-order valence-electron chi connectivity index (χ2n) is 7.70. The number of benzene rings is 3. The summed E-state index contributed by atoms with van der Waals surface area (Å²) in [5.74, 6) is -0.271. The fourth-order valence-corrected chi connectivity index (χ4v) is 3.59. The molecule has 1 amide bonds. The molecule has 3 aromatic rings. The number of para-hydroxylation sites is 1. The van der Waals surface area contributed by atoms with Crippen LogP contribution in [0.2, 0.25) is 0 Å². The normalized spacial score (nSPS) is 11.5. The third-order valence-electron chi connectivity index (χ3n) is 5.39. The minimum absolute atomic E-state index is 0.00552. The lowest BCUT2D eigenvalue weighted by atomic mass is 9.97. The maximum atomic E-state index is 13.7. The van der Waals surface area contributed by atoms with Gasteiger partial charge in [-0.15, -0.1) is 0 Å². The highest BCUT2D eigenvalue weighted by Crippen LogP contribution is 2.29. The quantitative estimate of drug-likeness (QED) is 0.249. The molecule has 0 heterocycles. The van der Waals surface area contributed by atoms with Gasteiger partial charge >= 0.3 is 6.61 Å². The van der Waals surface area contributed by atoms with E-state index in [1.54, 1.807) is 43.4 Å².